The second kappa shape index (κ2) is 9.15. The SMILES string of the molecule is O=C(c1cccs1)N1CCCC(C(=O)N2CCCN(Cc3cscn3)CC2)C1. The van der Waals surface area contributed by atoms with E-state index in [4.69, 9.17) is 0 Å². The molecule has 2 aromatic heterocycles. The number of piperidine rings is 1. The van der Waals surface area contributed by atoms with Crippen LogP contribution in [0.4, 0.5) is 0 Å². The van der Waals surface area contributed by atoms with Gasteiger partial charge in [-0.1, -0.05) is 6.07 Å². The van der Waals surface area contributed by atoms with Crippen molar-refractivity contribution in [3.63, 3.8) is 0 Å². The zero-order valence-electron chi connectivity index (χ0n) is 16.0. The molecule has 0 bridgehead atoms. The molecule has 4 rings (SSSR count). The molecular weight excluding hydrogens is 392 g/mol. The van der Waals surface area contributed by atoms with Crippen LogP contribution in [0.1, 0.15) is 34.6 Å². The first-order chi connectivity index (χ1) is 13.7. The maximum atomic E-state index is 13.1. The lowest BCUT2D eigenvalue weighted by molar-refractivity contribution is -0.136. The topological polar surface area (TPSA) is 56.8 Å². The van der Waals surface area contributed by atoms with E-state index in [1.807, 2.05) is 32.8 Å². The molecule has 0 aromatic carbocycles. The van der Waals surface area contributed by atoms with Crippen LogP contribution in [-0.4, -0.2) is 70.8 Å². The molecule has 2 amide bonds. The van der Waals surface area contributed by atoms with Crippen molar-refractivity contribution in [2.75, 3.05) is 39.3 Å². The fourth-order valence-corrected chi connectivity index (χ4v) is 5.31. The summed E-state index contributed by atoms with van der Waals surface area (Å²) in [6, 6.07) is 3.77. The van der Waals surface area contributed by atoms with Gasteiger partial charge in [0, 0.05) is 51.2 Å². The third-order valence-electron chi connectivity index (χ3n) is 5.56. The van der Waals surface area contributed by atoms with Crippen LogP contribution in [-0.2, 0) is 11.3 Å². The Morgan fingerprint density at radius 2 is 2.00 bits per heavy atom. The number of carbonyl (C=O) groups is 2. The van der Waals surface area contributed by atoms with E-state index < -0.39 is 0 Å². The quantitative estimate of drug-likeness (QED) is 0.766. The molecule has 0 spiro atoms. The summed E-state index contributed by atoms with van der Waals surface area (Å²) in [5, 5.41) is 4.02. The lowest BCUT2D eigenvalue weighted by Gasteiger charge is -2.34. The minimum absolute atomic E-state index is 0.0669. The maximum absolute atomic E-state index is 13.1. The molecule has 0 aliphatic carbocycles. The molecule has 1 atom stereocenters. The molecule has 8 heteroatoms. The average molecular weight is 419 g/mol. The van der Waals surface area contributed by atoms with Gasteiger partial charge in [0.2, 0.25) is 5.91 Å². The standard InChI is InChI=1S/C20H26N4O2S2/c25-19(16-4-1-7-24(12-16)20(26)18-5-2-11-28-18)23-8-3-6-22(9-10-23)13-17-14-27-15-21-17/h2,5,11,14-16H,1,3-4,6-10,12-13H2. The van der Waals surface area contributed by atoms with E-state index in [1.54, 1.807) is 11.3 Å². The molecule has 0 N–H and O–H groups in total. The molecule has 2 aliphatic heterocycles. The van der Waals surface area contributed by atoms with Gasteiger partial charge < -0.3 is 9.80 Å². The van der Waals surface area contributed by atoms with Crippen molar-refractivity contribution in [3.05, 3.63) is 39.0 Å². The summed E-state index contributed by atoms with van der Waals surface area (Å²) in [6.45, 7) is 5.61. The molecule has 28 heavy (non-hydrogen) atoms. The van der Waals surface area contributed by atoms with Crippen molar-refractivity contribution >= 4 is 34.5 Å². The summed E-state index contributed by atoms with van der Waals surface area (Å²) in [5.74, 6) is 0.222. The zero-order chi connectivity index (χ0) is 19.3. The number of amides is 2. The van der Waals surface area contributed by atoms with E-state index in [0.717, 1.165) is 69.1 Å². The van der Waals surface area contributed by atoms with Crippen LogP contribution < -0.4 is 0 Å². The maximum Gasteiger partial charge on any atom is 0.263 e. The lowest BCUT2D eigenvalue weighted by Crippen LogP contribution is -2.47. The van der Waals surface area contributed by atoms with E-state index in [9.17, 15) is 9.59 Å². The summed E-state index contributed by atoms with van der Waals surface area (Å²) in [4.78, 5) is 37.2. The molecule has 1 unspecified atom stereocenters. The lowest BCUT2D eigenvalue weighted by atomic mass is 9.96. The number of nitrogens with zero attached hydrogens (tertiary/aromatic N) is 4. The summed E-state index contributed by atoms with van der Waals surface area (Å²) >= 11 is 3.10. The number of rotatable bonds is 4. The number of aromatic nitrogens is 1. The number of hydrogen-bond acceptors (Lipinski definition) is 6. The zero-order valence-corrected chi connectivity index (χ0v) is 17.6. The Morgan fingerprint density at radius 3 is 2.79 bits per heavy atom. The van der Waals surface area contributed by atoms with E-state index >= 15 is 0 Å². The van der Waals surface area contributed by atoms with Gasteiger partial charge >= 0.3 is 0 Å². The van der Waals surface area contributed by atoms with Gasteiger partial charge in [0.25, 0.3) is 5.91 Å². The Kier molecular flexibility index (Phi) is 6.39. The highest BCUT2D eigenvalue weighted by Gasteiger charge is 2.32. The fourth-order valence-electron chi connectivity index (χ4n) is 4.07. The van der Waals surface area contributed by atoms with Gasteiger partial charge in [-0.25, -0.2) is 4.98 Å². The van der Waals surface area contributed by atoms with Crippen molar-refractivity contribution < 1.29 is 9.59 Å². The van der Waals surface area contributed by atoms with Crippen LogP contribution in [0.25, 0.3) is 0 Å². The number of likely N-dealkylation sites (tertiary alicyclic amines) is 1. The normalized spacial score (nSPS) is 21.5. The Bertz CT molecular complexity index is 778. The van der Waals surface area contributed by atoms with Crippen LogP contribution >= 0.6 is 22.7 Å². The minimum atomic E-state index is -0.0669. The van der Waals surface area contributed by atoms with Gasteiger partial charge in [-0.3, -0.25) is 14.5 Å². The summed E-state index contributed by atoms with van der Waals surface area (Å²) in [5.41, 5.74) is 2.98. The molecule has 150 valence electrons. The van der Waals surface area contributed by atoms with Crippen molar-refractivity contribution in [1.29, 1.82) is 0 Å². The number of thiazole rings is 1. The number of carbonyl (C=O) groups excluding carboxylic acids is 2. The van der Waals surface area contributed by atoms with Crippen molar-refractivity contribution in [1.82, 2.24) is 19.7 Å². The third kappa shape index (κ3) is 4.61. The molecule has 2 fully saturated rings. The molecular formula is C20H26N4O2S2. The van der Waals surface area contributed by atoms with Gasteiger partial charge in [0.1, 0.15) is 0 Å². The first-order valence-electron chi connectivity index (χ1n) is 9.91. The highest BCUT2D eigenvalue weighted by molar-refractivity contribution is 7.12. The first kappa shape index (κ1) is 19.5. The fraction of sp³-hybridized carbons (Fsp3) is 0.550. The van der Waals surface area contributed by atoms with E-state index in [2.05, 4.69) is 15.3 Å². The highest BCUT2D eigenvalue weighted by atomic mass is 32.1. The Labute approximate surface area is 173 Å². The molecule has 0 radical (unpaired) electrons. The Morgan fingerprint density at radius 1 is 1.11 bits per heavy atom. The van der Waals surface area contributed by atoms with Crippen molar-refractivity contribution in [2.45, 2.75) is 25.8 Å². The predicted molar refractivity (Wildman–Crippen MR) is 112 cm³/mol. The third-order valence-corrected chi connectivity index (χ3v) is 7.05. The summed E-state index contributed by atoms with van der Waals surface area (Å²) in [6.07, 6.45) is 2.77. The van der Waals surface area contributed by atoms with Gasteiger partial charge in [-0.15, -0.1) is 22.7 Å². The van der Waals surface area contributed by atoms with Crippen LogP contribution in [0.2, 0.25) is 0 Å². The predicted octanol–water partition coefficient (Wildman–Crippen LogP) is 2.79. The minimum Gasteiger partial charge on any atom is -0.341 e. The van der Waals surface area contributed by atoms with Gasteiger partial charge in [0.05, 0.1) is 22.0 Å². The smallest absolute Gasteiger partial charge is 0.263 e. The van der Waals surface area contributed by atoms with Crippen LogP contribution in [0.15, 0.2) is 28.4 Å². The molecule has 6 nitrogen and oxygen atoms in total. The van der Waals surface area contributed by atoms with Crippen LogP contribution in [0, 0.1) is 5.92 Å². The Hall–Kier alpha value is -1.77. The Balaban J connectivity index is 1.32. The summed E-state index contributed by atoms with van der Waals surface area (Å²) < 4.78 is 0. The molecule has 4 heterocycles. The number of thiophene rings is 1. The van der Waals surface area contributed by atoms with Gasteiger partial charge in [-0.2, -0.15) is 0 Å². The largest absolute Gasteiger partial charge is 0.341 e. The van der Waals surface area contributed by atoms with E-state index in [1.165, 1.54) is 11.3 Å². The van der Waals surface area contributed by atoms with Crippen LogP contribution in [0.3, 0.4) is 0 Å². The number of hydrogen-bond donors (Lipinski definition) is 0. The van der Waals surface area contributed by atoms with E-state index in [0.29, 0.717) is 6.54 Å². The molecule has 2 aliphatic rings. The summed E-state index contributed by atoms with van der Waals surface area (Å²) in [7, 11) is 0. The average Bonchev–Trinajstić information content (AvgIpc) is 3.39. The van der Waals surface area contributed by atoms with Crippen molar-refractivity contribution in [3.8, 4) is 0 Å². The highest BCUT2D eigenvalue weighted by Crippen LogP contribution is 2.23. The van der Waals surface area contributed by atoms with E-state index in [-0.39, 0.29) is 17.7 Å². The van der Waals surface area contributed by atoms with Crippen molar-refractivity contribution in [2.24, 2.45) is 5.92 Å². The second-order valence-electron chi connectivity index (χ2n) is 7.50. The molecule has 0 saturated carbocycles. The second-order valence-corrected chi connectivity index (χ2v) is 9.17. The van der Waals surface area contributed by atoms with Crippen LogP contribution in [0.5, 0.6) is 0 Å². The van der Waals surface area contributed by atoms with Gasteiger partial charge in [0.15, 0.2) is 0 Å². The molecule has 2 aromatic rings. The first-order valence-corrected chi connectivity index (χ1v) is 11.7. The van der Waals surface area contributed by atoms with Gasteiger partial charge in [-0.05, 0) is 30.7 Å². The monoisotopic (exact) mass is 418 g/mol. The molecule has 2 saturated heterocycles.